The molecule has 12 heteroatoms. The van der Waals surface area contributed by atoms with Crippen LogP contribution >= 0.6 is 34.7 Å². The minimum atomic E-state index is -1.02. The van der Waals surface area contributed by atoms with Crippen LogP contribution in [0, 0.1) is 6.92 Å². The number of Topliss-reactive ketones (excluding diaryl/α,β-unsaturated/α-hetero) is 1. The molecule has 1 amide bonds. The average molecular weight is 680 g/mol. The second-order valence-electron chi connectivity index (χ2n) is 10.7. The summed E-state index contributed by atoms with van der Waals surface area (Å²) < 4.78 is 8.39. The Morgan fingerprint density at radius 3 is 2.60 bits per heavy atom. The van der Waals surface area contributed by atoms with Crippen molar-refractivity contribution < 1.29 is 19.4 Å². The van der Waals surface area contributed by atoms with Gasteiger partial charge < -0.3 is 9.84 Å². The van der Waals surface area contributed by atoms with E-state index in [1.165, 1.54) is 28.0 Å². The topological polar surface area (TPSA) is 110 Å². The molecule has 0 radical (unpaired) electrons. The molecule has 7 rings (SSSR count). The summed E-state index contributed by atoms with van der Waals surface area (Å²) in [5.41, 5.74) is 3.83. The molecule has 3 aromatic carbocycles. The van der Waals surface area contributed by atoms with Crippen LogP contribution in [0.2, 0.25) is 5.02 Å². The van der Waals surface area contributed by atoms with Crippen molar-refractivity contribution in [2.75, 3.05) is 4.90 Å². The van der Waals surface area contributed by atoms with E-state index in [4.69, 9.17) is 16.3 Å². The van der Waals surface area contributed by atoms with Crippen molar-refractivity contribution >= 4 is 62.9 Å². The molecule has 0 spiro atoms. The number of imidazole rings is 1. The van der Waals surface area contributed by atoms with Gasteiger partial charge in [0, 0.05) is 17.0 Å². The van der Waals surface area contributed by atoms with Crippen LogP contribution in [0.25, 0.3) is 11.4 Å². The minimum absolute atomic E-state index is 0.0792. The zero-order chi connectivity index (χ0) is 32.5. The van der Waals surface area contributed by atoms with Crippen molar-refractivity contribution in [2.24, 2.45) is 0 Å². The molecule has 234 valence electrons. The number of rotatable bonds is 9. The Balaban J connectivity index is 1.30. The predicted molar refractivity (Wildman–Crippen MR) is 183 cm³/mol. The van der Waals surface area contributed by atoms with E-state index in [0.29, 0.717) is 50.1 Å². The molecule has 3 aromatic heterocycles. The fraction of sp³-hybridized carbons (Fsp3) is 0.114. The van der Waals surface area contributed by atoms with Crippen LogP contribution in [-0.2, 0) is 21.9 Å². The smallest absolute Gasteiger partial charge is 0.301 e. The van der Waals surface area contributed by atoms with E-state index < -0.39 is 17.7 Å². The SMILES string of the molecule is Cc1nc2ccccn2c1C(O)=C1C(=O)C(=O)N(c2nnc(SCc3ccccc3Cl)s2)C1c1cccc(OCc2ccccc2)c1. The summed E-state index contributed by atoms with van der Waals surface area (Å²) in [4.78, 5) is 33.6. The van der Waals surface area contributed by atoms with Crippen molar-refractivity contribution in [3.63, 3.8) is 0 Å². The lowest BCUT2D eigenvalue weighted by atomic mass is 9.96. The summed E-state index contributed by atoms with van der Waals surface area (Å²) in [5.74, 6) is -0.909. The zero-order valence-electron chi connectivity index (χ0n) is 24.9. The van der Waals surface area contributed by atoms with Crippen molar-refractivity contribution in [1.29, 1.82) is 0 Å². The first-order valence-corrected chi connectivity index (χ1v) is 16.8. The Labute approximate surface area is 283 Å². The number of carbonyl (C=O) groups excluding carboxylic acids is 2. The molecule has 1 atom stereocenters. The molecule has 1 N–H and O–H groups in total. The number of pyridine rings is 1. The van der Waals surface area contributed by atoms with Gasteiger partial charge in [0.25, 0.3) is 5.78 Å². The van der Waals surface area contributed by atoms with Gasteiger partial charge in [-0.15, -0.1) is 10.2 Å². The van der Waals surface area contributed by atoms with Gasteiger partial charge in [0.2, 0.25) is 5.13 Å². The zero-order valence-corrected chi connectivity index (χ0v) is 27.3. The fourth-order valence-corrected chi connectivity index (χ4v) is 7.65. The number of hydrogen-bond donors (Lipinski definition) is 1. The summed E-state index contributed by atoms with van der Waals surface area (Å²) in [6.45, 7) is 2.08. The Morgan fingerprint density at radius 1 is 0.979 bits per heavy atom. The molecule has 47 heavy (non-hydrogen) atoms. The number of aliphatic hydroxyl groups excluding tert-OH is 1. The van der Waals surface area contributed by atoms with E-state index >= 15 is 0 Å². The minimum Gasteiger partial charge on any atom is -0.505 e. The second-order valence-corrected chi connectivity index (χ2v) is 13.3. The molecule has 1 aliphatic heterocycles. The third kappa shape index (κ3) is 6.00. The number of hydrogen-bond acceptors (Lipinski definition) is 9. The number of aryl methyl sites for hydroxylation is 1. The van der Waals surface area contributed by atoms with Gasteiger partial charge in [0.15, 0.2) is 10.1 Å². The molecular weight excluding hydrogens is 654 g/mol. The summed E-state index contributed by atoms with van der Waals surface area (Å²) in [5, 5.41) is 21.4. The standard InChI is InChI=1S/C35H26ClN5O4S2/c1-21-29(40-17-8-7-16-27(40)37-21)31(42)28-30(23-13-9-14-25(18-23)45-19-22-10-3-2-4-11-22)41(33(44)32(28)43)34-38-39-35(47-34)46-20-24-12-5-6-15-26(24)36/h2-18,30,42H,19-20H2,1H3. The molecule has 1 saturated heterocycles. The Hall–Kier alpha value is -4.97. The molecule has 9 nitrogen and oxygen atoms in total. The first kappa shape index (κ1) is 30.7. The largest absolute Gasteiger partial charge is 0.505 e. The van der Waals surface area contributed by atoms with Gasteiger partial charge in [0.05, 0.1) is 17.3 Å². The summed E-state index contributed by atoms with van der Waals surface area (Å²) in [6.07, 6.45) is 1.75. The van der Waals surface area contributed by atoms with Gasteiger partial charge in [-0.1, -0.05) is 101 Å². The van der Waals surface area contributed by atoms with Crippen molar-refractivity contribution in [3.8, 4) is 5.75 Å². The van der Waals surface area contributed by atoms with E-state index in [-0.39, 0.29) is 16.5 Å². The van der Waals surface area contributed by atoms with Gasteiger partial charge in [-0.25, -0.2) is 4.98 Å². The lowest BCUT2D eigenvalue weighted by Gasteiger charge is -2.23. The molecule has 1 fully saturated rings. The Morgan fingerprint density at radius 2 is 1.77 bits per heavy atom. The highest BCUT2D eigenvalue weighted by atomic mass is 35.5. The first-order chi connectivity index (χ1) is 22.9. The fourth-order valence-electron chi connectivity index (χ4n) is 5.50. The van der Waals surface area contributed by atoms with E-state index in [9.17, 15) is 14.7 Å². The molecule has 1 unspecified atom stereocenters. The third-order valence-electron chi connectivity index (χ3n) is 7.71. The number of ketones is 1. The van der Waals surface area contributed by atoms with Crippen LogP contribution in [0.15, 0.2) is 113 Å². The molecule has 1 aliphatic rings. The van der Waals surface area contributed by atoms with Crippen LogP contribution in [-0.4, -0.2) is 36.4 Å². The average Bonchev–Trinajstić information content (AvgIpc) is 3.77. The van der Waals surface area contributed by atoms with E-state index in [1.807, 2.05) is 66.7 Å². The van der Waals surface area contributed by atoms with Crippen LogP contribution in [0.5, 0.6) is 5.75 Å². The van der Waals surface area contributed by atoms with Gasteiger partial charge in [0.1, 0.15) is 23.7 Å². The number of anilines is 1. The number of ether oxygens (including phenoxy) is 1. The highest BCUT2D eigenvalue weighted by Gasteiger charge is 2.49. The van der Waals surface area contributed by atoms with Crippen LogP contribution in [0.3, 0.4) is 0 Å². The summed E-state index contributed by atoms with van der Waals surface area (Å²) in [7, 11) is 0. The van der Waals surface area contributed by atoms with Crippen molar-refractivity contribution in [1.82, 2.24) is 19.6 Å². The van der Waals surface area contributed by atoms with E-state index in [2.05, 4.69) is 15.2 Å². The maximum atomic E-state index is 13.9. The molecule has 0 bridgehead atoms. The van der Waals surface area contributed by atoms with Crippen LogP contribution in [0.4, 0.5) is 5.13 Å². The number of amides is 1. The highest BCUT2D eigenvalue weighted by molar-refractivity contribution is 8.00. The van der Waals surface area contributed by atoms with Gasteiger partial charge in [-0.05, 0) is 53.9 Å². The molecule has 6 aromatic rings. The quantitative estimate of drug-likeness (QED) is 0.0546. The number of aromatic nitrogens is 4. The lowest BCUT2D eigenvalue weighted by Crippen LogP contribution is -2.29. The number of aliphatic hydroxyl groups is 1. The first-order valence-electron chi connectivity index (χ1n) is 14.6. The molecule has 0 aliphatic carbocycles. The highest BCUT2D eigenvalue weighted by Crippen LogP contribution is 2.45. The Kier molecular flexibility index (Phi) is 8.50. The molecule has 0 saturated carbocycles. The van der Waals surface area contributed by atoms with Crippen molar-refractivity contribution in [3.05, 3.63) is 142 Å². The maximum Gasteiger partial charge on any atom is 0.301 e. The van der Waals surface area contributed by atoms with E-state index in [1.54, 1.807) is 47.9 Å². The normalized spacial score (nSPS) is 15.9. The van der Waals surface area contributed by atoms with Crippen LogP contribution in [0.1, 0.15) is 34.1 Å². The Bertz CT molecular complexity index is 2160. The van der Waals surface area contributed by atoms with Crippen molar-refractivity contribution in [2.45, 2.75) is 29.7 Å². The van der Waals surface area contributed by atoms with Crippen LogP contribution < -0.4 is 9.64 Å². The number of halogens is 1. The number of benzene rings is 3. The molecule has 4 heterocycles. The number of thioether (sulfide) groups is 1. The third-order valence-corrected chi connectivity index (χ3v) is 10.2. The number of carbonyl (C=O) groups is 2. The predicted octanol–water partition coefficient (Wildman–Crippen LogP) is 7.65. The van der Waals surface area contributed by atoms with Gasteiger partial charge in [-0.3, -0.25) is 18.9 Å². The van der Waals surface area contributed by atoms with Gasteiger partial charge >= 0.3 is 5.91 Å². The van der Waals surface area contributed by atoms with E-state index in [0.717, 1.165) is 11.1 Å². The molecular formula is C35H26ClN5O4S2. The summed E-state index contributed by atoms with van der Waals surface area (Å²) >= 11 is 8.96. The second kappa shape index (κ2) is 13.0. The number of fused-ring (bicyclic) bond motifs is 1. The number of nitrogens with zero attached hydrogens (tertiary/aromatic N) is 5. The lowest BCUT2D eigenvalue weighted by molar-refractivity contribution is -0.132. The monoisotopic (exact) mass is 679 g/mol. The van der Waals surface area contributed by atoms with Gasteiger partial charge in [-0.2, -0.15) is 0 Å². The summed E-state index contributed by atoms with van der Waals surface area (Å²) in [6, 6.07) is 28.9. The maximum absolute atomic E-state index is 13.9.